The molecule has 1 aromatic rings. The Labute approximate surface area is 137 Å². The highest BCUT2D eigenvalue weighted by molar-refractivity contribution is 5.89. The third kappa shape index (κ3) is 4.28. The summed E-state index contributed by atoms with van der Waals surface area (Å²) in [5.41, 5.74) is 0.718. The Kier molecular flexibility index (Phi) is 5.23. The van der Waals surface area contributed by atoms with Crippen LogP contribution in [0.3, 0.4) is 0 Å². The van der Waals surface area contributed by atoms with Crippen LogP contribution in [-0.4, -0.2) is 49.8 Å². The van der Waals surface area contributed by atoms with Gasteiger partial charge in [0, 0.05) is 30.9 Å². The second-order valence-corrected chi connectivity index (χ2v) is 6.07. The standard InChI is InChI=1S/C17H25N3O3/c1-2-7-20-8-5-13(6-9-20)18-17(21)19-14-3-4-15-16(12-14)23-11-10-22-15/h3-4,12-13H,2,5-11H2,1H3,(H2,18,19,21). The number of anilines is 1. The number of hydrogen-bond acceptors (Lipinski definition) is 4. The van der Waals surface area contributed by atoms with E-state index < -0.39 is 0 Å². The van der Waals surface area contributed by atoms with Crippen LogP contribution in [0.1, 0.15) is 26.2 Å². The second kappa shape index (κ2) is 7.55. The highest BCUT2D eigenvalue weighted by Crippen LogP contribution is 2.32. The predicted octanol–water partition coefficient (Wildman–Crippen LogP) is 2.45. The molecule has 0 spiro atoms. The number of hydrogen-bond donors (Lipinski definition) is 2. The first-order valence-corrected chi connectivity index (χ1v) is 8.44. The van der Waals surface area contributed by atoms with Crippen molar-refractivity contribution in [2.75, 3.05) is 38.2 Å². The fourth-order valence-electron chi connectivity index (χ4n) is 3.09. The Morgan fingerprint density at radius 2 is 1.96 bits per heavy atom. The van der Waals surface area contributed by atoms with Gasteiger partial charge in [-0.25, -0.2) is 4.79 Å². The molecule has 6 nitrogen and oxygen atoms in total. The third-order valence-electron chi connectivity index (χ3n) is 4.26. The molecule has 1 saturated heterocycles. The molecular formula is C17H25N3O3. The maximum Gasteiger partial charge on any atom is 0.319 e. The summed E-state index contributed by atoms with van der Waals surface area (Å²) in [5, 5.41) is 5.94. The number of piperidine rings is 1. The van der Waals surface area contributed by atoms with Crippen molar-refractivity contribution in [3.8, 4) is 11.5 Å². The van der Waals surface area contributed by atoms with Gasteiger partial charge in [-0.3, -0.25) is 0 Å². The van der Waals surface area contributed by atoms with Gasteiger partial charge in [-0.15, -0.1) is 0 Å². The van der Waals surface area contributed by atoms with Gasteiger partial charge in [0.25, 0.3) is 0 Å². The Hall–Kier alpha value is -1.95. The van der Waals surface area contributed by atoms with E-state index in [2.05, 4.69) is 22.5 Å². The highest BCUT2D eigenvalue weighted by Gasteiger charge is 2.20. The van der Waals surface area contributed by atoms with Gasteiger partial charge in [-0.2, -0.15) is 0 Å². The van der Waals surface area contributed by atoms with Crippen molar-refractivity contribution >= 4 is 11.7 Å². The summed E-state index contributed by atoms with van der Waals surface area (Å²) in [6, 6.07) is 5.55. The van der Waals surface area contributed by atoms with E-state index in [0.717, 1.165) is 43.9 Å². The largest absolute Gasteiger partial charge is 0.486 e. The third-order valence-corrected chi connectivity index (χ3v) is 4.26. The van der Waals surface area contributed by atoms with Crippen molar-refractivity contribution in [2.45, 2.75) is 32.2 Å². The molecule has 2 amide bonds. The topological polar surface area (TPSA) is 62.8 Å². The number of likely N-dealkylation sites (tertiary alicyclic amines) is 1. The minimum absolute atomic E-state index is 0.157. The monoisotopic (exact) mass is 319 g/mol. The van der Waals surface area contributed by atoms with Crippen LogP contribution in [0, 0.1) is 0 Å². The maximum atomic E-state index is 12.1. The second-order valence-electron chi connectivity index (χ2n) is 6.07. The van der Waals surface area contributed by atoms with Crippen molar-refractivity contribution in [3.05, 3.63) is 18.2 Å². The number of amides is 2. The number of carbonyl (C=O) groups excluding carboxylic acids is 1. The van der Waals surface area contributed by atoms with E-state index in [0.29, 0.717) is 19.0 Å². The molecule has 0 bridgehead atoms. The van der Waals surface area contributed by atoms with Gasteiger partial charge in [0.15, 0.2) is 11.5 Å². The molecule has 23 heavy (non-hydrogen) atoms. The number of urea groups is 1. The minimum atomic E-state index is -0.157. The summed E-state index contributed by atoms with van der Waals surface area (Å²) in [4.78, 5) is 14.6. The molecule has 2 heterocycles. The van der Waals surface area contributed by atoms with Gasteiger partial charge in [0.2, 0.25) is 0 Å². The number of rotatable bonds is 4. The normalized spacial score (nSPS) is 18.5. The van der Waals surface area contributed by atoms with Crippen LogP contribution >= 0.6 is 0 Å². The van der Waals surface area contributed by atoms with E-state index in [4.69, 9.17) is 9.47 Å². The zero-order chi connectivity index (χ0) is 16.1. The van der Waals surface area contributed by atoms with E-state index in [9.17, 15) is 4.79 Å². The van der Waals surface area contributed by atoms with Gasteiger partial charge < -0.3 is 25.0 Å². The number of nitrogens with one attached hydrogen (secondary N) is 2. The van der Waals surface area contributed by atoms with E-state index in [1.54, 1.807) is 6.07 Å². The van der Waals surface area contributed by atoms with Crippen molar-refractivity contribution in [1.82, 2.24) is 10.2 Å². The fourth-order valence-corrected chi connectivity index (χ4v) is 3.09. The fraction of sp³-hybridized carbons (Fsp3) is 0.588. The number of fused-ring (bicyclic) bond motifs is 1. The van der Waals surface area contributed by atoms with Crippen molar-refractivity contribution in [1.29, 1.82) is 0 Å². The summed E-state index contributed by atoms with van der Waals surface area (Å²) in [7, 11) is 0. The Bertz CT molecular complexity index is 542. The smallest absolute Gasteiger partial charge is 0.319 e. The molecule has 0 aliphatic carbocycles. The molecule has 1 aromatic carbocycles. The summed E-state index contributed by atoms with van der Waals surface area (Å²) in [6.45, 7) is 6.57. The first-order chi connectivity index (χ1) is 11.2. The minimum Gasteiger partial charge on any atom is -0.486 e. The lowest BCUT2D eigenvalue weighted by atomic mass is 10.1. The summed E-state index contributed by atoms with van der Waals surface area (Å²) in [5.74, 6) is 1.41. The number of nitrogens with zero attached hydrogens (tertiary/aromatic N) is 1. The lowest BCUT2D eigenvalue weighted by molar-refractivity contribution is 0.171. The highest BCUT2D eigenvalue weighted by atomic mass is 16.6. The molecule has 0 radical (unpaired) electrons. The van der Waals surface area contributed by atoms with Crippen LogP contribution < -0.4 is 20.1 Å². The van der Waals surface area contributed by atoms with Gasteiger partial charge in [-0.1, -0.05) is 6.92 Å². The predicted molar refractivity (Wildman–Crippen MR) is 89.3 cm³/mol. The lowest BCUT2D eigenvalue weighted by Gasteiger charge is -2.32. The van der Waals surface area contributed by atoms with Gasteiger partial charge in [-0.05, 0) is 37.9 Å². The molecule has 2 N–H and O–H groups in total. The molecule has 126 valence electrons. The van der Waals surface area contributed by atoms with Crippen LogP contribution in [-0.2, 0) is 0 Å². The molecule has 0 aromatic heterocycles. The van der Waals surface area contributed by atoms with Crippen molar-refractivity contribution in [3.63, 3.8) is 0 Å². The molecule has 1 fully saturated rings. The van der Waals surface area contributed by atoms with Crippen LogP contribution in [0.5, 0.6) is 11.5 Å². The molecule has 0 saturated carbocycles. The number of ether oxygens (including phenoxy) is 2. The van der Waals surface area contributed by atoms with Crippen molar-refractivity contribution in [2.24, 2.45) is 0 Å². The summed E-state index contributed by atoms with van der Waals surface area (Å²) < 4.78 is 11.0. The maximum absolute atomic E-state index is 12.1. The summed E-state index contributed by atoms with van der Waals surface area (Å²) >= 11 is 0. The van der Waals surface area contributed by atoms with Crippen LogP contribution in [0.2, 0.25) is 0 Å². The molecule has 2 aliphatic rings. The molecule has 2 aliphatic heterocycles. The lowest BCUT2D eigenvalue weighted by Crippen LogP contribution is -2.46. The molecule has 6 heteroatoms. The van der Waals surface area contributed by atoms with Crippen molar-refractivity contribution < 1.29 is 14.3 Å². The number of carbonyl (C=O) groups is 1. The molecule has 0 unspecified atom stereocenters. The average Bonchev–Trinajstić information content (AvgIpc) is 2.57. The molecular weight excluding hydrogens is 294 g/mol. The quantitative estimate of drug-likeness (QED) is 0.895. The first-order valence-electron chi connectivity index (χ1n) is 8.44. The zero-order valence-corrected chi connectivity index (χ0v) is 13.6. The average molecular weight is 319 g/mol. The van der Waals surface area contributed by atoms with Gasteiger partial charge in [0.05, 0.1) is 0 Å². The van der Waals surface area contributed by atoms with Gasteiger partial charge >= 0.3 is 6.03 Å². The molecule has 0 atom stereocenters. The van der Waals surface area contributed by atoms with E-state index in [-0.39, 0.29) is 12.1 Å². The Morgan fingerprint density at radius 1 is 1.22 bits per heavy atom. The van der Waals surface area contributed by atoms with Crippen LogP contribution in [0.25, 0.3) is 0 Å². The first kappa shape index (κ1) is 15.9. The summed E-state index contributed by atoms with van der Waals surface area (Å²) in [6.07, 6.45) is 3.20. The Balaban J connectivity index is 1.48. The number of benzene rings is 1. The van der Waals surface area contributed by atoms with Crippen LogP contribution in [0.15, 0.2) is 18.2 Å². The zero-order valence-electron chi connectivity index (χ0n) is 13.6. The Morgan fingerprint density at radius 3 is 2.70 bits per heavy atom. The molecule has 3 rings (SSSR count). The van der Waals surface area contributed by atoms with E-state index >= 15 is 0 Å². The van der Waals surface area contributed by atoms with E-state index in [1.807, 2.05) is 12.1 Å². The van der Waals surface area contributed by atoms with Gasteiger partial charge in [0.1, 0.15) is 13.2 Å². The van der Waals surface area contributed by atoms with Crippen LogP contribution in [0.4, 0.5) is 10.5 Å². The SMILES string of the molecule is CCCN1CCC(NC(=O)Nc2ccc3c(c2)OCCO3)CC1. The van der Waals surface area contributed by atoms with E-state index in [1.165, 1.54) is 6.42 Å².